The lowest BCUT2D eigenvalue weighted by Gasteiger charge is -2.25. The van der Waals surface area contributed by atoms with E-state index in [0.29, 0.717) is 13.0 Å². The average molecular weight is 346 g/mol. The van der Waals surface area contributed by atoms with Crippen molar-refractivity contribution < 1.29 is 14.3 Å². The third-order valence-electron chi connectivity index (χ3n) is 4.02. The fraction of sp³-hybridized carbons (Fsp3) is 0.389. The van der Waals surface area contributed by atoms with Crippen molar-refractivity contribution in [2.45, 2.75) is 12.5 Å². The maximum absolute atomic E-state index is 12.5. The fourth-order valence-corrected chi connectivity index (χ4v) is 3.12. The third kappa shape index (κ3) is 4.00. The Balaban J connectivity index is 2.19. The van der Waals surface area contributed by atoms with Gasteiger partial charge in [-0.15, -0.1) is 0 Å². The number of likely N-dealkylation sites (N-methyl/N-ethyl adjacent to an activating group) is 1. The average Bonchev–Trinajstić information content (AvgIpc) is 3.04. The van der Waals surface area contributed by atoms with E-state index in [1.807, 2.05) is 30.3 Å². The number of hydrogen-bond acceptors (Lipinski definition) is 4. The molecule has 0 bridgehead atoms. The van der Waals surface area contributed by atoms with Crippen molar-refractivity contribution in [2.24, 2.45) is 5.92 Å². The van der Waals surface area contributed by atoms with Crippen molar-refractivity contribution in [2.75, 3.05) is 27.2 Å². The normalized spacial score (nSPS) is 19.7. The molecule has 0 saturated carbocycles. The first-order chi connectivity index (χ1) is 11.5. The molecule has 1 fully saturated rings. The van der Waals surface area contributed by atoms with Gasteiger partial charge in [0.05, 0.1) is 0 Å². The van der Waals surface area contributed by atoms with Crippen LogP contribution in [0.3, 0.4) is 0 Å². The van der Waals surface area contributed by atoms with Crippen LogP contribution in [0.4, 0.5) is 4.79 Å². The summed E-state index contributed by atoms with van der Waals surface area (Å²) in [5, 5.41) is 0. The summed E-state index contributed by atoms with van der Waals surface area (Å²) in [5.41, 5.74) is 0.954. The van der Waals surface area contributed by atoms with Crippen molar-refractivity contribution >= 4 is 29.1 Å². The van der Waals surface area contributed by atoms with Gasteiger partial charge in [-0.3, -0.25) is 9.69 Å². The van der Waals surface area contributed by atoms with E-state index in [1.165, 1.54) is 15.9 Å². The Morgan fingerprint density at radius 1 is 1.38 bits per heavy atom. The number of hydrogen-bond donors (Lipinski definition) is 0. The minimum atomic E-state index is -0.552. The Bertz CT molecular complexity index is 630. The topological polar surface area (TPSA) is 49.9 Å². The van der Waals surface area contributed by atoms with E-state index in [0.717, 1.165) is 10.4 Å². The molecular formula is C18H22N2O3S. The molecule has 5 nitrogen and oxygen atoms in total. The molecule has 0 unspecified atom stereocenters. The van der Waals surface area contributed by atoms with Crippen molar-refractivity contribution in [1.82, 2.24) is 9.80 Å². The van der Waals surface area contributed by atoms with Gasteiger partial charge >= 0.3 is 6.09 Å². The quantitative estimate of drug-likeness (QED) is 0.467. The van der Waals surface area contributed by atoms with E-state index in [9.17, 15) is 9.59 Å². The zero-order chi connectivity index (χ0) is 17.7. The van der Waals surface area contributed by atoms with Crippen LogP contribution >= 0.6 is 12.2 Å². The number of rotatable bonds is 5. The Labute approximate surface area is 147 Å². The van der Waals surface area contributed by atoms with Crippen molar-refractivity contribution in [3.8, 4) is 0 Å². The van der Waals surface area contributed by atoms with Gasteiger partial charge in [-0.05, 0) is 12.0 Å². The Kier molecular flexibility index (Phi) is 6.09. The number of carbonyl (C=O) groups is 2. The Morgan fingerprint density at radius 3 is 2.62 bits per heavy atom. The molecule has 0 N–H and O–H groups in total. The van der Waals surface area contributed by atoms with E-state index in [4.69, 9.17) is 17.0 Å². The summed E-state index contributed by atoms with van der Waals surface area (Å²) in [6.07, 6.45) is 1.50. The molecule has 1 saturated heterocycles. The molecule has 0 aromatic heterocycles. The molecule has 24 heavy (non-hydrogen) atoms. The van der Waals surface area contributed by atoms with Crippen LogP contribution in [0, 0.1) is 5.92 Å². The minimum Gasteiger partial charge on any atom is -0.445 e. The second-order valence-corrected chi connectivity index (χ2v) is 6.37. The van der Waals surface area contributed by atoms with Crippen LogP contribution in [-0.4, -0.2) is 60.0 Å². The van der Waals surface area contributed by atoms with Gasteiger partial charge in [0.15, 0.2) is 0 Å². The van der Waals surface area contributed by atoms with E-state index < -0.39 is 12.1 Å². The zero-order valence-corrected chi connectivity index (χ0v) is 14.8. The molecule has 2 amide bonds. The number of likely N-dealkylation sites (tertiary alicyclic amines) is 1. The lowest BCUT2D eigenvalue weighted by atomic mass is 9.96. The maximum Gasteiger partial charge on any atom is 0.410 e. The maximum atomic E-state index is 12.5. The van der Waals surface area contributed by atoms with Crippen LogP contribution < -0.4 is 0 Å². The summed E-state index contributed by atoms with van der Waals surface area (Å²) in [5.74, 6) is -0.170. The highest BCUT2D eigenvalue weighted by molar-refractivity contribution is 7.80. The summed E-state index contributed by atoms with van der Waals surface area (Å²) in [7, 11) is 3.36. The number of carbonyl (C=O) groups excluding carboxylic acids is 2. The summed E-state index contributed by atoms with van der Waals surface area (Å²) in [4.78, 5) is 28.5. The molecule has 0 radical (unpaired) electrons. The molecule has 0 spiro atoms. The van der Waals surface area contributed by atoms with Gasteiger partial charge in [-0.1, -0.05) is 55.2 Å². The second kappa shape index (κ2) is 8.06. The van der Waals surface area contributed by atoms with Gasteiger partial charge in [-0.25, -0.2) is 4.79 Å². The molecule has 2 atom stereocenters. The highest BCUT2D eigenvalue weighted by Gasteiger charge is 2.42. The van der Waals surface area contributed by atoms with Gasteiger partial charge in [0.2, 0.25) is 5.91 Å². The van der Waals surface area contributed by atoms with Crippen LogP contribution in [-0.2, 0) is 9.53 Å². The van der Waals surface area contributed by atoms with E-state index in [2.05, 4.69) is 6.58 Å². The number of nitrogens with zero attached hydrogens (tertiary/aromatic N) is 2. The molecular weight excluding hydrogens is 324 g/mol. The first-order valence-electron chi connectivity index (χ1n) is 7.80. The molecule has 6 heteroatoms. The first-order valence-corrected chi connectivity index (χ1v) is 8.21. The number of benzene rings is 1. The van der Waals surface area contributed by atoms with Crippen LogP contribution in [0.1, 0.15) is 12.0 Å². The van der Waals surface area contributed by atoms with Gasteiger partial charge in [0, 0.05) is 31.4 Å². The lowest BCUT2D eigenvalue weighted by molar-refractivity contribution is -0.132. The van der Waals surface area contributed by atoms with E-state index >= 15 is 0 Å². The Hall–Kier alpha value is -2.21. The smallest absolute Gasteiger partial charge is 0.410 e. The summed E-state index contributed by atoms with van der Waals surface area (Å²) < 4.78 is 5.12. The molecule has 1 aliphatic rings. The van der Waals surface area contributed by atoms with Crippen LogP contribution in [0.2, 0.25) is 0 Å². The van der Waals surface area contributed by atoms with Crippen molar-refractivity contribution in [1.29, 1.82) is 0 Å². The van der Waals surface area contributed by atoms with Crippen LogP contribution in [0.25, 0.3) is 0 Å². The number of thiocarbonyl (C=S) groups is 1. The molecule has 1 aliphatic heterocycles. The fourth-order valence-electron chi connectivity index (χ4n) is 2.81. The van der Waals surface area contributed by atoms with Gasteiger partial charge in [-0.2, -0.15) is 0 Å². The Morgan fingerprint density at radius 2 is 2.04 bits per heavy atom. The van der Waals surface area contributed by atoms with Crippen molar-refractivity contribution in [3.63, 3.8) is 0 Å². The molecule has 0 aliphatic carbocycles. The summed E-state index contributed by atoms with van der Waals surface area (Å²) in [6.45, 7) is 4.03. The van der Waals surface area contributed by atoms with E-state index in [1.54, 1.807) is 14.1 Å². The third-order valence-corrected chi connectivity index (χ3v) is 4.58. The lowest BCUT2D eigenvalue weighted by Crippen LogP contribution is -2.45. The largest absolute Gasteiger partial charge is 0.445 e. The molecule has 2 rings (SSSR count). The van der Waals surface area contributed by atoms with Gasteiger partial charge in [0.1, 0.15) is 12.6 Å². The monoisotopic (exact) mass is 346 g/mol. The van der Waals surface area contributed by atoms with Crippen molar-refractivity contribution in [3.05, 3.63) is 48.6 Å². The van der Waals surface area contributed by atoms with Gasteiger partial charge in [0.25, 0.3) is 0 Å². The van der Waals surface area contributed by atoms with Crippen LogP contribution in [0.5, 0.6) is 0 Å². The molecule has 1 aromatic carbocycles. The minimum absolute atomic E-state index is 0.0485. The van der Waals surface area contributed by atoms with Crippen LogP contribution in [0.15, 0.2) is 43.0 Å². The number of ether oxygens (including phenoxy) is 1. The summed E-state index contributed by atoms with van der Waals surface area (Å²) in [6, 6.07) is 9.12. The zero-order valence-electron chi connectivity index (χ0n) is 14.0. The standard InChI is InChI=1S/C18H22N2O3S/c1-4-10-23-18(22)20-12-14(11-15(20)17(21)19(2)3)16(24)13-8-6-5-7-9-13/h4-9,14-15H,1,10-12H2,2-3H3/t14-,15-/m0/s1. The highest BCUT2D eigenvalue weighted by atomic mass is 32.1. The number of amides is 2. The predicted molar refractivity (Wildman–Crippen MR) is 97.0 cm³/mol. The first kappa shape index (κ1) is 18.1. The SMILES string of the molecule is C=CCOC(=O)N1C[C@@H](C(=S)c2ccccc2)C[C@H]1C(=O)N(C)C. The van der Waals surface area contributed by atoms with E-state index in [-0.39, 0.29) is 18.4 Å². The molecule has 1 aromatic rings. The predicted octanol–water partition coefficient (Wildman–Crippen LogP) is 2.51. The molecule has 1 heterocycles. The highest BCUT2D eigenvalue weighted by Crippen LogP contribution is 2.28. The second-order valence-electron chi connectivity index (χ2n) is 5.93. The molecule has 128 valence electrons. The summed E-state index contributed by atoms with van der Waals surface area (Å²) >= 11 is 5.59. The van der Waals surface area contributed by atoms with Gasteiger partial charge < -0.3 is 9.64 Å².